The second-order valence-electron chi connectivity index (χ2n) is 11.5. The number of carbonyl (C=O) groups excluding carboxylic acids is 4. The van der Waals surface area contributed by atoms with Crippen LogP contribution in [-0.4, -0.2) is 42.2 Å². The Morgan fingerprint density at radius 3 is 2.36 bits per heavy atom. The summed E-state index contributed by atoms with van der Waals surface area (Å²) in [7, 11) is 0. The molecule has 0 radical (unpaired) electrons. The number of esters is 1. The number of nitrogens with one attached hydrogen (secondary N) is 3. The van der Waals surface area contributed by atoms with Crippen molar-refractivity contribution < 1.29 is 28.7 Å². The molecule has 3 amide bonds. The van der Waals surface area contributed by atoms with Gasteiger partial charge in [0, 0.05) is 21.0 Å². The van der Waals surface area contributed by atoms with Crippen LogP contribution in [0.4, 0.5) is 10.7 Å². The van der Waals surface area contributed by atoms with E-state index >= 15 is 0 Å². The largest absolute Gasteiger partial charge is 0.494 e. The first-order valence-corrected chi connectivity index (χ1v) is 18.5. The molecule has 0 spiro atoms. The van der Waals surface area contributed by atoms with Gasteiger partial charge in [0.25, 0.3) is 11.8 Å². The van der Waals surface area contributed by atoms with Crippen molar-refractivity contribution in [1.29, 1.82) is 0 Å². The number of ether oxygens (including phenoxy) is 2. The van der Waals surface area contributed by atoms with Crippen LogP contribution in [0.15, 0.2) is 89.5 Å². The molecule has 5 rings (SSSR count). The molecule has 50 heavy (non-hydrogen) atoms. The van der Waals surface area contributed by atoms with Gasteiger partial charge in [0.05, 0.1) is 24.0 Å². The van der Waals surface area contributed by atoms with E-state index in [1.807, 2.05) is 26.0 Å². The molecule has 0 bridgehead atoms. The number of anilines is 2. The highest BCUT2D eigenvalue weighted by Crippen LogP contribution is 2.39. The Bertz CT molecular complexity index is 1850. The van der Waals surface area contributed by atoms with Gasteiger partial charge in [-0.05, 0) is 106 Å². The molecule has 0 saturated heterocycles. The smallest absolute Gasteiger partial charge is 0.341 e. The van der Waals surface area contributed by atoms with Gasteiger partial charge in [-0.25, -0.2) is 4.79 Å². The lowest BCUT2D eigenvalue weighted by Gasteiger charge is -2.16. The third-order valence-electron chi connectivity index (χ3n) is 7.95. The average Bonchev–Trinajstić information content (AvgIpc) is 3.49. The zero-order valence-corrected chi connectivity index (χ0v) is 30.0. The first kappa shape index (κ1) is 36.4. The Labute approximate surface area is 300 Å². The molecule has 9 nitrogen and oxygen atoms in total. The fourth-order valence-corrected chi connectivity index (χ4v) is 7.83. The Kier molecular flexibility index (Phi) is 12.9. The summed E-state index contributed by atoms with van der Waals surface area (Å²) in [6.07, 6.45) is 5.89. The Morgan fingerprint density at radius 2 is 1.64 bits per heavy atom. The molecule has 1 unspecified atom stereocenters. The van der Waals surface area contributed by atoms with Crippen LogP contribution in [-0.2, 0) is 27.2 Å². The third kappa shape index (κ3) is 9.42. The van der Waals surface area contributed by atoms with Crippen molar-refractivity contribution in [3.8, 4) is 5.75 Å². The van der Waals surface area contributed by atoms with Gasteiger partial charge in [0.15, 0.2) is 0 Å². The van der Waals surface area contributed by atoms with E-state index in [2.05, 4.69) is 16.0 Å². The number of thioether (sulfide) groups is 1. The lowest BCUT2D eigenvalue weighted by Crippen LogP contribution is -2.30. The maximum atomic E-state index is 13.6. The van der Waals surface area contributed by atoms with Crippen molar-refractivity contribution in [2.45, 2.75) is 63.0 Å². The standard InChI is InChI=1S/C39H41N3O6S2/c1-4-32(37(45)42-38-34(39(46)48-6-3)30-17-10-11-18-33(30)50-38)49-29-16-12-15-27(24-29)40-36(44)31(41-35(43)26-13-8-7-9-14-26)23-25-19-21-28(22-20-25)47-5-2/h7-9,12-16,19-24,32H,4-6,10-11,17-18H2,1-3H3,(H,40,44)(H,41,43)(H,42,45)/b31-23+. The molecule has 1 atom stereocenters. The summed E-state index contributed by atoms with van der Waals surface area (Å²) in [5, 5.41) is 8.79. The van der Waals surface area contributed by atoms with E-state index < -0.39 is 23.0 Å². The van der Waals surface area contributed by atoms with E-state index in [-0.39, 0.29) is 18.2 Å². The van der Waals surface area contributed by atoms with E-state index in [1.54, 1.807) is 79.7 Å². The predicted molar refractivity (Wildman–Crippen MR) is 200 cm³/mol. The van der Waals surface area contributed by atoms with Gasteiger partial charge in [-0.2, -0.15) is 0 Å². The summed E-state index contributed by atoms with van der Waals surface area (Å²) in [5.41, 5.74) is 3.15. The van der Waals surface area contributed by atoms with Crippen LogP contribution in [0.25, 0.3) is 6.08 Å². The zero-order valence-electron chi connectivity index (χ0n) is 28.4. The number of benzene rings is 3. The number of aryl methyl sites for hydroxylation is 1. The minimum absolute atomic E-state index is 0.0583. The summed E-state index contributed by atoms with van der Waals surface area (Å²) in [4.78, 5) is 55.1. The van der Waals surface area contributed by atoms with Crippen LogP contribution in [0, 0.1) is 0 Å². The van der Waals surface area contributed by atoms with Crippen LogP contribution in [0.3, 0.4) is 0 Å². The Morgan fingerprint density at radius 1 is 0.880 bits per heavy atom. The monoisotopic (exact) mass is 711 g/mol. The van der Waals surface area contributed by atoms with E-state index in [0.29, 0.717) is 46.2 Å². The number of amides is 3. The molecule has 4 aromatic rings. The summed E-state index contributed by atoms with van der Waals surface area (Å²) in [6.45, 7) is 6.40. The lowest BCUT2D eigenvalue weighted by atomic mass is 9.95. The van der Waals surface area contributed by atoms with Crippen molar-refractivity contribution in [3.05, 3.63) is 112 Å². The summed E-state index contributed by atoms with van der Waals surface area (Å²) in [6, 6.07) is 23.1. The third-order valence-corrected chi connectivity index (χ3v) is 10.5. The van der Waals surface area contributed by atoms with Crippen LogP contribution >= 0.6 is 23.1 Å². The van der Waals surface area contributed by atoms with Gasteiger partial charge in [-0.3, -0.25) is 14.4 Å². The normalized spacial score (nSPS) is 13.1. The number of carbonyl (C=O) groups is 4. The highest BCUT2D eigenvalue weighted by atomic mass is 32.2. The fraction of sp³-hybridized carbons (Fsp3) is 0.282. The van der Waals surface area contributed by atoms with Crippen molar-refractivity contribution in [2.75, 3.05) is 23.8 Å². The van der Waals surface area contributed by atoms with Gasteiger partial charge in [0.2, 0.25) is 5.91 Å². The van der Waals surface area contributed by atoms with Gasteiger partial charge < -0.3 is 25.4 Å². The van der Waals surface area contributed by atoms with Crippen molar-refractivity contribution in [2.24, 2.45) is 0 Å². The molecule has 3 aromatic carbocycles. The van der Waals surface area contributed by atoms with E-state index in [0.717, 1.165) is 41.0 Å². The summed E-state index contributed by atoms with van der Waals surface area (Å²) < 4.78 is 10.9. The van der Waals surface area contributed by atoms with Crippen LogP contribution < -0.4 is 20.7 Å². The van der Waals surface area contributed by atoms with E-state index in [1.165, 1.54) is 23.1 Å². The average molecular weight is 712 g/mol. The molecule has 1 aliphatic rings. The van der Waals surface area contributed by atoms with Gasteiger partial charge in [0.1, 0.15) is 16.4 Å². The van der Waals surface area contributed by atoms with Crippen LogP contribution in [0.5, 0.6) is 5.75 Å². The fourth-order valence-electron chi connectivity index (χ4n) is 5.53. The van der Waals surface area contributed by atoms with Crippen molar-refractivity contribution in [1.82, 2.24) is 5.32 Å². The van der Waals surface area contributed by atoms with Gasteiger partial charge in [-0.1, -0.05) is 43.3 Å². The van der Waals surface area contributed by atoms with Crippen molar-refractivity contribution in [3.63, 3.8) is 0 Å². The summed E-state index contributed by atoms with van der Waals surface area (Å²) in [5.74, 6) is -0.839. The topological polar surface area (TPSA) is 123 Å². The molecule has 1 aromatic heterocycles. The molecule has 1 aliphatic carbocycles. The van der Waals surface area contributed by atoms with Gasteiger partial charge in [-0.15, -0.1) is 23.1 Å². The van der Waals surface area contributed by atoms with Crippen molar-refractivity contribution >= 4 is 63.6 Å². The van der Waals surface area contributed by atoms with Gasteiger partial charge >= 0.3 is 5.97 Å². The molecular weight excluding hydrogens is 671 g/mol. The number of thiophene rings is 1. The Balaban J connectivity index is 1.31. The molecule has 3 N–H and O–H groups in total. The SMILES string of the molecule is CCOC(=O)c1c(NC(=O)C(CC)Sc2cccc(NC(=O)/C(=C\c3ccc(OCC)cc3)NC(=O)c3ccccc3)c2)sc2c1CCCC2. The summed E-state index contributed by atoms with van der Waals surface area (Å²) >= 11 is 2.84. The number of hydrogen-bond donors (Lipinski definition) is 3. The number of hydrogen-bond acceptors (Lipinski definition) is 8. The lowest BCUT2D eigenvalue weighted by molar-refractivity contribution is -0.116. The second kappa shape index (κ2) is 17.7. The maximum Gasteiger partial charge on any atom is 0.341 e. The highest BCUT2D eigenvalue weighted by molar-refractivity contribution is 8.00. The highest BCUT2D eigenvalue weighted by Gasteiger charge is 2.29. The molecular formula is C39H41N3O6S2. The quantitative estimate of drug-likeness (QED) is 0.0686. The predicted octanol–water partition coefficient (Wildman–Crippen LogP) is 8.12. The maximum absolute atomic E-state index is 13.6. The van der Waals surface area contributed by atoms with E-state index in [4.69, 9.17) is 9.47 Å². The molecule has 0 fully saturated rings. The molecule has 11 heteroatoms. The van der Waals surface area contributed by atoms with Crippen LogP contribution in [0.2, 0.25) is 0 Å². The number of rotatable bonds is 14. The Hall–Kier alpha value is -4.87. The molecule has 260 valence electrons. The van der Waals surface area contributed by atoms with Crippen LogP contribution in [0.1, 0.15) is 76.8 Å². The second-order valence-corrected chi connectivity index (χ2v) is 13.9. The number of fused-ring (bicyclic) bond motifs is 1. The first-order chi connectivity index (χ1) is 24.3. The minimum Gasteiger partial charge on any atom is -0.494 e. The van der Waals surface area contributed by atoms with E-state index in [9.17, 15) is 19.2 Å². The zero-order chi connectivity index (χ0) is 35.5. The molecule has 1 heterocycles. The first-order valence-electron chi connectivity index (χ1n) is 16.8. The minimum atomic E-state index is -0.511. The molecule has 0 aliphatic heterocycles. The molecule has 0 saturated carbocycles.